The number of hydrogen-bond donors (Lipinski definition) is 1. The van der Waals surface area contributed by atoms with Gasteiger partial charge in [-0.25, -0.2) is 0 Å². The number of fused-ring (bicyclic) bond motifs is 1. The minimum Gasteiger partial charge on any atom is -0.396 e. The zero-order chi connectivity index (χ0) is 14.9. The zero-order valence-corrected chi connectivity index (χ0v) is 13.5. The number of thiophene rings is 1. The van der Waals surface area contributed by atoms with E-state index in [9.17, 15) is 9.90 Å². The molecule has 1 aromatic heterocycles. The lowest BCUT2D eigenvalue weighted by molar-refractivity contribution is -0.134. The van der Waals surface area contributed by atoms with Crippen LogP contribution in [0.5, 0.6) is 0 Å². The number of aliphatic hydroxyl groups excluding tert-OH is 1. The summed E-state index contributed by atoms with van der Waals surface area (Å²) in [5.74, 6) is 0.231. The Morgan fingerprint density at radius 2 is 2.33 bits per heavy atom. The number of likely N-dealkylation sites (tertiary alicyclic amines) is 1. The fourth-order valence-corrected chi connectivity index (χ4v) is 4.33. The van der Waals surface area contributed by atoms with Gasteiger partial charge in [-0.1, -0.05) is 6.92 Å². The molecule has 1 aromatic rings. The van der Waals surface area contributed by atoms with Crippen LogP contribution < -0.4 is 0 Å². The molecule has 2 aliphatic heterocycles. The lowest BCUT2D eigenvalue weighted by atomic mass is 9.83. The van der Waals surface area contributed by atoms with Crippen LogP contribution in [0.4, 0.5) is 0 Å². The van der Waals surface area contributed by atoms with Gasteiger partial charge in [0.1, 0.15) is 0 Å². The molecule has 1 atom stereocenters. The zero-order valence-electron chi connectivity index (χ0n) is 12.7. The molecule has 3 heterocycles. The van der Waals surface area contributed by atoms with Crippen LogP contribution in [0.25, 0.3) is 0 Å². The number of rotatable bonds is 3. The van der Waals surface area contributed by atoms with E-state index >= 15 is 0 Å². The van der Waals surface area contributed by atoms with Crippen LogP contribution >= 0.6 is 11.3 Å². The van der Waals surface area contributed by atoms with E-state index in [1.807, 2.05) is 4.90 Å². The molecule has 3 rings (SSSR count). The molecule has 2 aliphatic rings. The Balaban J connectivity index is 1.57. The van der Waals surface area contributed by atoms with Crippen LogP contribution in [0.3, 0.4) is 0 Å². The average Bonchev–Trinajstić information content (AvgIpc) is 2.94. The molecule has 0 bridgehead atoms. The highest BCUT2D eigenvalue weighted by atomic mass is 32.1. The standard InChI is InChI=1S/C16H24N2O2S/c1-16(12-19)5-2-6-17(11-16)10-15(20)18-7-3-14-13(9-18)4-8-21-14/h4,8,19H,2-3,5-7,9-12H2,1H3. The summed E-state index contributed by atoms with van der Waals surface area (Å²) >= 11 is 1.80. The maximum atomic E-state index is 12.5. The maximum absolute atomic E-state index is 12.5. The first-order valence-corrected chi connectivity index (χ1v) is 8.64. The highest BCUT2D eigenvalue weighted by Gasteiger charge is 2.32. The molecular formula is C16H24N2O2S. The van der Waals surface area contributed by atoms with Gasteiger partial charge in [0, 0.05) is 36.5 Å². The lowest BCUT2D eigenvalue weighted by Gasteiger charge is -2.40. The smallest absolute Gasteiger partial charge is 0.237 e. The van der Waals surface area contributed by atoms with E-state index in [1.165, 1.54) is 10.4 Å². The summed E-state index contributed by atoms with van der Waals surface area (Å²) in [5, 5.41) is 11.6. The number of piperidine rings is 1. The Kier molecular flexibility index (Phi) is 4.33. The highest BCUT2D eigenvalue weighted by Crippen LogP contribution is 2.29. The van der Waals surface area contributed by atoms with Crippen molar-refractivity contribution in [2.75, 3.05) is 32.8 Å². The van der Waals surface area contributed by atoms with Gasteiger partial charge in [-0.05, 0) is 42.8 Å². The van der Waals surface area contributed by atoms with Crippen molar-refractivity contribution in [1.82, 2.24) is 9.80 Å². The Morgan fingerprint density at radius 1 is 1.48 bits per heavy atom. The summed E-state index contributed by atoms with van der Waals surface area (Å²) in [7, 11) is 0. The van der Waals surface area contributed by atoms with E-state index in [-0.39, 0.29) is 17.9 Å². The van der Waals surface area contributed by atoms with Crippen molar-refractivity contribution in [3.05, 3.63) is 21.9 Å². The van der Waals surface area contributed by atoms with E-state index < -0.39 is 0 Å². The molecule has 0 aliphatic carbocycles. The second kappa shape index (κ2) is 6.07. The fourth-order valence-electron chi connectivity index (χ4n) is 3.44. The van der Waals surface area contributed by atoms with Crippen molar-refractivity contribution in [3.63, 3.8) is 0 Å². The van der Waals surface area contributed by atoms with Gasteiger partial charge in [0.2, 0.25) is 5.91 Å². The highest BCUT2D eigenvalue weighted by molar-refractivity contribution is 7.10. The number of nitrogens with zero attached hydrogens (tertiary/aromatic N) is 2. The van der Waals surface area contributed by atoms with E-state index in [0.29, 0.717) is 6.54 Å². The average molecular weight is 308 g/mol. The number of aliphatic hydroxyl groups is 1. The van der Waals surface area contributed by atoms with Crippen LogP contribution in [0.1, 0.15) is 30.2 Å². The molecule has 21 heavy (non-hydrogen) atoms. The Bertz CT molecular complexity index is 516. The van der Waals surface area contributed by atoms with Crippen molar-refractivity contribution >= 4 is 17.2 Å². The summed E-state index contributed by atoms with van der Waals surface area (Å²) in [4.78, 5) is 18.2. The predicted octanol–water partition coefficient (Wildman–Crippen LogP) is 1.73. The molecule has 116 valence electrons. The predicted molar refractivity (Wildman–Crippen MR) is 84.3 cm³/mol. The van der Waals surface area contributed by atoms with Gasteiger partial charge in [-0.3, -0.25) is 9.69 Å². The SMILES string of the molecule is CC1(CO)CCCN(CC(=O)N2CCc3sccc3C2)C1. The maximum Gasteiger partial charge on any atom is 0.237 e. The monoisotopic (exact) mass is 308 g/mol. The van der Waals surface area contributed by atoms with Crippen molar-refractivity contribution in [1.29, 1.82) is 0 Å². The second-order valence-corrected chi connectivity index (χ2v) is 7.72. The fraction of sp³-hybridized carbons (Fsp3) is 0.688. The number of amides is 1. The van der Waals surface area contributed by atoms with Gasteiger partial charge in [0.05, 0.1) is 6.54 Å². The van der Waals surface area contributed by atoms with Gasteiger partial charge >= 0.3 is 0 Å². The first-order chi connectivity index (χ1) is 10.1. The Hall–Kier alpha value is -0.910. The Morgan fingerprint density at radius 3 is 3.14 bits per heavy atom. The van der Waals surface area contributed by atoms with Gasteiger partial charge in [-0.2, -0.15) is 0 Å². The lowest BCUT2D eigenvalue weighted by Crippen LogP contribution is -2.49. The molecule has 0 aromatic carbocycles. The van der Waals surface area contributed by atoms with Crippen molar-refractivity contribution in [2.45, 2.75) is 32.7 Å². The topological polar surface area (TPSA) is 43.8 Å². The van der Waals surface area contributed by atoms with Crippen LogP contribution in [0.15, 0.2) is 11.4 Å². The molecule has 1 N–H and O–H groups in total. The minimum absolute atomic E-state index is 0.0407. The molecule has 5 heteroatoms. The number of carbonyl (C=O) groups is 1. The van der Waals surface area contributed by atoms with E-state index in [1.54, 1.807) is 11.3 Å². The molecule has 1 unspecified atom stereocenters. The molecule has 0 radical (unpaired) electrons. The summed E-state index contributed by atoms with van der Waals surface area (Å²) in [6.45, 7) is 6.22. The van der Waals surface area contributed by atoms with Gasteiger partial charge in [0.25, 0.3) is 0 Å². The molecule has 4 nitrogen and oxygen atoms in total. The van der Waals surface area contributed by atoms with Gasteiger partial charge < -0.3 is 10.0 Å². The largest absolute Gasteiger partial charge is 0.396 e. The van der Waals surface area contributed by atoms with Crippen LogP contribution in [-0.4, -0.2) is 53.6 Å². The third-order valence-electron chi connectivity index (χ3n) is 4.76. The second-order valence-electron chi connectivity index (χ2n) is 6.72. The van der Waals surface area contributed by atoms with Crippen LogP contribution in [0, 0.1) is 5.41 Å². The number of carbonyl (C=O) groups excluding carboxylic acids is 1. The molecule has 0 spiro atoms. The molecule has 0 saturated carbocycles. The van der Waals surface area contributed by atoms with Crippen LogP contribution in [0.2, 0.25) is 0 Å². The van der Waals surface area contributed by atoms with E-state index in [4.69, 9.17) is 0 Å². The minimum atomic E-state index is -0.0407. The summed E-state index contributed by atoms with van der Waals surface area (Å²) in [6.07, 6.45) is 3.11. The molecule has 1 fully saturated rings. The third-order valence-corrected chi connectivity index (χ3v) is 5.78. The molecule has 1 amide bonds. The van der Waals surface area contributed by atoms with Crippen molar-refractivity contribution in [2.24, 2.45) is 5.41 Å². The van der Waals surface area contributed by atoms with Gasteiger partial charge in [0.15, 0.2) is 0 Å². The summed E-state index contributed by atoms with van der Waals surface area (Å²) in [5.41, 5.74) is 1.28. The van der Waals surface area contributed by atoms with Crippen molar-refractivity contribution in [3.8, 4) is 0 Å². The first kappa shape index (κ1) is 15.0. The number of hydrogen-bond acceptors (Lipinski definition) is 4. The van der Waals surface area contributed by atoms with E-state index in [0.717, 1.165) is 45.4 Å². The summed E-state index contributed by atoms with van der Waals surface area (Å²) in [6, 6.07) is 2.14. The first-order valence-electron chi connectivity index (χ1n) is 7.76. The van der Waals surface area contributed by atoms with Crippen LogP contribution in [-0.2, 0) is 17.8 Å². The molecular weight excluding hydrogens is 284 g/mol. The van der Waals surface area contributed by atoms with Gasteiger partial charge in [-0.15, -0.1) is 11.3 Å². The van der Waals surface area contributed by atoms with Crippen molar-refractivity contribution < 1.29 is 9.90 Å². The molecule has 1 saturated heterocycles. The summed E-state index contributed by atoms with van der Waals surface area (Å²) < 4.78 is 0. The Labute approximate surface area is 130 Å². The third kappa shape index (κ3) is 3.30. The normalized spacial score (nSPS) is 26.7. The van der Waals surface area contributed by atoms with E-state index in [2.05, 4.69) is 23.3 Å². The quantitative estimate of drug-likeness (QED) is 0.925.